The van der Waals surface area contributed by atoms with Gasteiger partial charge in [0.15, 0.2) is 0 Å². The first-order chi connectivity index (χ1) is 8.41. The molecule has 5 nitrogen and oxygen atoms in total. The average Bonchev–Trinajstić information content (AvgIpc) is 2.69. The van der Waals surface area contributed by atoms with E-state index in [-0.39, 0.29) is 30.6 Å². The molecule has 2 unspecified atom stereocenters. The van der Waals surface area contributed by atoms with Crippen molar-refractivity contribution in [3.8, 4) is 0 Å². The van der Waals surface area contributed by atoms with Gasteiger partial charge in [-0.25, -0.2) is 0 Å². The number of carboxylic acid groups (broad SMARTS) is 1. The molecule has 1 heterocycles. The fraction of sp³-hybridized carbons (Fsp3) is 0.846. The minimum absolute atomic E-state index is 0.000242. The fourth-order valence-electron chi connectivity index (χ4n) is 2.19. The second kappa shape index (κ2) is 6.73. The van der Waals surface area contributed by atoms with E-state index in [0.717, 1.165) is 12.8 Å². The summed E-state index contributed by atoms with van der Waals surface area (Å²) in [7, 11) is 0. The van der Waals surface area contributed by atoms with Crippen LogP contribution in [0.2, 0.25) is 0 Å². The summed E-state index contributed by atoms with van der Waals surface area (Å²) in [4.78, 5) is 24.5. The Labute approximate surface area is 108 Å². The third kappa shape index (κ3) is 4.29. The van der Waals surface area contributed by atoms with Crippen molar-refractivity contribution in [1.82, 2.24) is 4.90 Å². The lowest BCUT2D eigenvalue weighted by Crippen LogP contribution is -2.44. The number of carboxylic acids is 1. The molecule has 0 bridgehead atoms. The Morgan fingerprint density at radius 3 is 2.50 bits per heavy atom. The molecule has 1 aliphatic heterocycles. The number of ether oxygens (including phenoxy) is 1. The van der Waals surface area contributed by atoms with Gasteiger partial charge in [0.1, 0.15) is 6.10 Å². The summed E-state index contributed by atoms with van der Waals surface area (Å²) in [5.41, 5.74) is 0. The Balaban J connectivity index is 2.50. The first kappa shape index (κ1) is 15.0. The van der Waals surface area contributed by atoms with Crippen molar-refractivity contribution in [2.24, 2.45) is 0 Å². The highest BCUT2D eigenvalue weighted by atomic mass is 16.5. The zero-order chi connectivity index (χ0) is 13.7. The molecule has 1 fully saturated rings. The van der Waals surface area contributed by atoms with Gasteiger partial charge >= 0.3 is 5.97 Å². The Bertz CT molecular complexity index is 303. The van der Waals surface area contributed by atoms with Crippen molar-refractivity contribution in [1.29, 1.82) is 0 Å². The Morgan fingerprint density at radius 2 is 2.06 bits per heavy atom. The lowest BCUT2D eigenvalue weighted by Gasteiger charge is -2.29. The van der Waals surface area contributed by atoms with Gasteiger partial charge in [-0.15, -0.1) is 0 Å². The van der Waals surface area contributed by atoms with E-state index >= 15 is 0 Å². The number of carbonyl (C=O) groups is 2. The number of hydrogen-bond donors (Lipinski definition) is 1. The number of rotatable bonds is 6. The number of carbonyl (C=O) groups excluding carboxylic acids is 1. The van der Waals surface area contributed by atoms with Crippen LogP contribution in [0.3, 0.4) is 0 Å². The third-order valence-corrected chi connectivity index (χ3v) is 3.20. The largest absolute Gasteiger partial charge is 0.481 e. The molecule has 0 saturated carbocycles. The highest BCUT2D eigenvalue weighted by molar-refractivity contribution is 5.81. The molecule has 0 aromatic rings. The summed E-state index contributed by atoms with van der Waals surface area (Å²) in [6.07, 6.45) is 2.07. The van der Waals surface area contributed by atoms with Crippen molar-refractivity contribution in [3.05, 3.63) is 0 Å². The summed E-state index contributed by atoms with van der Waals surface area (Å²) in [5.74, 6) is -0.823. The quantitative estimate of drug-likeness (QED) is 0.785. The summed E-state index contributed by atoms with van der Waals surface area (Å²) in [6, 6.07) is 0.0748. The van der Waals surface area contributed by atoms with E-state index in [0.29, 0.717) is 13.0 Å². The van der Waals surface area contributed by atoms with E-state index in [2.05, 4.69) is 0 Å². The van der Waals surface area contributed by atoms with Crippen LogP contribution in [0.1, 0.15) is 46.5 Å². The van der Waals surface area contributed by atoms with E-state index in [9.17, 15) is 9.59 Å². The van der Waals surface area contributed by atoms with Crippen LogP contribution in [-0.4, -0.2) is 46.7 Å². The molecule has 0 radical (unpaired) electrons. The van der Waals surface area contributed by atoms with Crippen LogP contribution in [-0.2, 0) is 14.3 Å². The second-order valence-electron chi connectivity index (χ2n) is 5.14. The van der Waals surface area contributed by atoms with E-state index in [4.69, 9.17) is 9.84 Å². The normalized spacial score (nSPS) is 23.3. The van der Waals surface area contributed by atoms with E-state index in [1.165, 1.54) is 0 Å². The monoisotopic (exact) mass is 257 g/mol. The maximum Gasteiger partial charge on any atom is 0.303 e. The summed E-state index contributed by atoms with van der Waals surface area (Å²) < 4.78 is 5.57. The van der Waals surface area contributed by atoms with Crippen LogP contribution in [0.15, 0.2) is 0 Å². The van der Waals surface area contributed by atoms with Crippen LogP contribution in [0.25, 0.3) is 0 Å². The van der Waals surface area contributed by atoms with Gasteiger partial charge in [0.05, 0.1) is 6.10 Å². The molecule has 5 heteroatoms. The van der Waals surface area contributed by atoms with Gasteiger partial charge in [0, 0.05) is 19.0 Å². The molecule has 0 aromatic carbocycles. The molecule has 0 aliphatic carbocycles. The predicted octanol–water partition coefficient (Wildman–Crippen LogP) is 1.66. The maximum atomic E-state index is 12.3. The van der Waals surface area contributed by atoms with E-state index < -0.39 is 5.97 Å². The molecule has 18 heavy (non-hydrogen) atoms. The highest BCUT2D eigenvalue weighted by Gasteiger charge is 2.32. The molecule has 1 saturated heterocycles. The van der Waals surface area contributed by atoms with Crippen LogP contribution in [0.4, 0.5) is 0 Å². The summed E-state index contributed by atoms with van der Waals surface area (Å²) >= 11 is 0. The zero-order valence-corrected chi connectivity index (χ0v) is 11.4. The topological polar surface area (TPSA) is 66.8 Å². The minimum atomic E-state index is -0.822. The van der Waals surface area contributed by atoms with Crippen LogP contribution in [0.5, 0.6) is 0 Å². The zero-order valence-electron chi connectivity index (χ0n) is 11.4. The van der Waals surface area contributed by atoms with Gasteiger partial charge in [0.25, 0.3) is 5.91 Å². The van der Waals surface area contributed by atoms with Gasteiger partial charge in [0.2, 0.25) is 0 Å². The Morgan fingerprint density at radius 1 is 1.39 bits per heavy atom. The summed E-state index contributed by atoms with van der Waals surface area (Å²) in [6.45, 7) is 6.34. The van der Waals surface area contributed by atoms with Gasteiger partial charge < -0.3 is 14.7 Å². The van der Waals surface area contributed by atoms with E-state index in [1.807, 2.05) is 20.8 Å². The Kier molecular flexibility index (Phi) is 5.59. The van der Waals surface area contributed by atoms with Crippen molar-refractivity contribution in [2.45, 2.75) is 64.7 Å². The van der Waals surface area contributed by atoms with Crippen molar-refractivity contribution < 1.29 is 19.4 Å². The molecule has 0 spiro atoms. The third-order valence-electron chi connectivity index (χ3n) is 3.20. The lowest BCUT2D eigenvalue weighted by atomic mass is 10.1. The SMILES string of the molecule is CC1CCC(C(=O)N(CCCC(=O)O)C(C)C)O1. The van der Waals surface area contributed by atoms with Crippen molar-refractivity contribution >= 4 is 11.9 Å². The van der Waals surface area contributed by atoms with Gasteiger partial charge in [-0.05, 0) is 40.0 Å². The molecular weight excluding hydrogens is 234 g/mol. The van der Waals surface area contributed by atoms with Gasteiger partial charge in [-0.3, -0.25) is 9.59 Å². The molecule has 1 aliphatic rings. The van der Waals surface area contributed by atoms with Crippen molar-refractivity contribution in [3.63, 3.8) is 0 Å². The molecule has 1 rings (SSSR count). The maximum absolute atomic E-state index is 12.3. The highest BCUT2D eigenvalue weighted by Crippen LogP contribution is 2.21. The Hall–Kier alpha value is -1.10. The standard InChI is InChI=1S/C13H23NO4/c1-9(2)14(8-4-5-12(15)16)13(17)11-7-6-10(3)18-11/h9-11H,4-8H2,1-3H3,(H,15,16). The predicted molar refractivity (Wildman–Crippen MR) is 67.3 cm³/mol. The summed E-state index contributed by atoms with van der Waals surface area (Å²) in [5, 5.41) is 8.62. The minimum Gasteiger partial charge on any atom is -0.481 e. The number of aliphatic carboxylic acids is 1. The molecule has 104 valence electrons. The van der Waals surface area contributed by atoms with Crippen molar-refractivity contribution in [2.75, 3.05) is 6.54 Å². The van der Waals surface area contributed by atoms with Crippen LogP contribution in [0, 0.1) is 0 Å². The van der Waals surface area contributed by atoms with Gasteiger partial charge in [-0.2, -0.15) is 0 Å². The number of nitrogens with zero attached hydrogens (tertiary/aromatic N) is 1. The number of amides is 1. The first-order valence-electron chi connectivity index (χ1n) is 6.59. The fourth-order valence-corrected chi connectivity index (χ4v) is 2.19. The molecule has 1 amide bonds. The van der Waals surface area contributed by atoms with Crippen LogP contribution < -0.4 is 0 Å². The smallest absolute Gasteiger partial charge is 0.303 e. The molecule has 2 atom stereocenters. The van der Waals surface area contributed by atoms with Crippen LogP contribution >= 0.6 is 0 Å². The second-order valence-corrected chi connectivity index (χ2v) is 5.14. The molecular formula is C13H23NO4. The number of hydrogen-bond acceptors (Lipinski definition) is 3. The molecule has 1 N–H and O–H groups in total. The molecule has 0 aromatic heterocycles. The van der Waals surface area contributed by atoms with E-state index in [1.54, 1.807) is 4.90 Å². The average molecular weight is 257 g/mol. The first-order valence-corrected chi connectivity index (χ1v) is 6.59. The van der Waals surface area contributed by atoms with Gasteiger partial charge in [-0.1, -0.05) is 0 Å². The lowest BCUT2D eigenvalue weighted by molar-refractivity contribution is -0.145.